The molecule has 0 spiro atoms. The van der Waals surface area contributed by atoms with Gasteiger partial charge < -0.3 is 5.32 Å². The van der Waals surface area contributed by atoms with Gasteiger partial charge in [-0.15, -0.1) is 5.10 Å². The van der Waals surface area contributed by atoms with Crippen LogP contribution in [0.5, 0.6) is 0 Å². The second kappa shape index (κ2) is 6.84. The van der Waals surface area contributed by atoms with Gasteiger partial charge in [-0.1, -0.05) is 0 Å². The molecule has 142 valence electrons. The SMILES string of the molecule is Cc1cc2nn(Cc3cc(F)ccc3F)c(=O)n2c(Nc2ccc(F)cc2)n1. The van der Waals surface area contributed by atoms with Crippen molar-refractivity contribution in [1.29, 1.82) is 0 Å². The molecule has 6 nitrogen and oxygen atoms in total. The van der Waals surface area contributed by atoms with E-state index in [-0.39, 0.29) is 18.1 Å². The summed E-state index contributed by atoms with van der Waals surface area (Å²) >= 11 is 0. The minimum absolute atomic E-state index is 0.00299. The number of rotatable bonds is 4. The Hall–Kier alpha value is -3.62. The number of aryl methyl sites for hydroxylation is 1. The maximum absolute atomic E-state index is 13.9. The van der Waals surface area contributed by atoms with Gasteiger partial charge in [0.25, 0.3) is 0 Å². The van der Waals surface area contributed by atoms with Crippen molar-refractivity contribution in [3.63, 3.8) is 0 Å². The zero-order valence-corrected chi connectivity index (χ0v) is 14.7. The standard InChI is InChI=1S/C19H14F3N5O/c1-11-8-17-25-26(10-12-9-14(21)4-7-16(12)22)19(28)27(17)18(23-11)24-15-5-2-13(20)3-6-15/h2-9H,10H2,1H3,(H,23,24). The summed E-state index contributed by atoms with van der Waals surface area (Å²) in [4.78, 5) is 17.1. The van der Waals surface area contributed by atoms with Crippen LogP contribution in [0.4, 0.5) is 24.8 Å². The molecular formula is C19H14F3N5O. The number of hydrogen-bond acceptors (Lipinski definition) is 4. The van der Waals surface area contributed by atoms with Crippen LogP contribution >= 0.6 is 0 Å². The Morgan fingerprint density at radius 1 is 1.00 bits per heavy atom. The maximum Gasteiger partial charge on any atom is 0.353 e. The summed E-state index contributed by atoms with van der Waals surface area (Å²) in [5.41, 5.74) is 0.834. The van der Waals surface area contributed by atoms with Gasteiger partial charge in [0.05, 0.1) is 6.54 Å². The Kier molecular flexibility index (Phi) is 4.34. The predicted octanol–water partition coefficient (Wildman–Crippen LogP) is 3.41. The van der Waals surface area contributed by atoms with E-state index in [4.69, 9.17) is 0 Å². The molecule has 9 heteroatoms. The van der Waals surface area contributed by atoms with Crippen LogP contribution in [-0.2, 0) is 6.54 Å². The van der Waals surface area contributed by atoms with E-state index in [1.807, 2.05) is 0 Å². The van der Waals surface area contributed by atoms with E-state index in [2.05, 4.69) is 15.4 Å². The number of halogens is 3. The lowest BCUT2D eigenvalue weighted by Crippen LogP contribution is -2.24. The number of aromatic nitrogens is 4. The third-order valence-corrected chi connectivity index (χ3v) is 4.12. The molecule has 0 atom stereocenters. The van der Waals surface area contributed by atoms with E-state index in [0.29, 0.717) is 17.0 Å². The number of nitrogens with one attached hydrogen (secondary N) is 1. The molecule has 0 saturated carbocycles. The Labute approximate surface area is 156 Å². The van der Waals surface area contributed by atoms with E-state index in [1.165, 1.54) is 28.7 Å². The highest BCUT2D eigenvalue weighted by molar-refractivity contribution is 5.56. The largest absolute Gasteiger partial charge is 0.353 e. The third kappa shape index (κ3) is 3.34. The molecule has 4 aromatic rings. The van der Waals surface area contributed by atoms with Gasteiger partial charge in [0.1, 0.15) is 17.5 Å². The average molecular weight is 385 g/mol. The zero-order chi connectivity index (χ0) is 19.8. The van der Waals surface area contributed by atoms with E-state index in [9.17, 15) is 18.0 Å². The van der Waals surface area contributed by atoms with E-state index >= 15 is 0 Å². The molecule has 0 bridgehead atoms. The third-order valence-electron chi connectivity index (χ3n) is 4.12. The Balaban J connectivity index is 1.79. The second-order valence-corrected chi connectivity index (χ2v) is 6.22. The Bertz CT molecular complexity index is 1230. The van der Waals surface area contributed by atoms with Crippen molar-refractivity contribution in [1.82, 2.24) is 19.2 Å². The fraction of sp³-hybridized carbons (Fsp3) is 0.105. The van der Waals surface area contributed by atoms with Gasteiger partial charge in [0.2, 0.25) is 5.95 Å². The maximum atomic E-state index is 13.9. The molecule has 0 fully saturated rings. The molecule has 0 aliphatic heterocycles. The predicted molar refractivity (Wildman–Crippen MR) is 97.1 cm³/mol. The van der Waals surface area contributed by atoms with Crippen LogP contribution in [0.1, 0.15) is 11.3 Å². The number of nitrogens with zero attached hydrogens (tertiary/aromatic N) is 4. The Morgan fingerprint density at radius 3 is 2.46 bits per heavy atom. The lowest BCUT2D eigenvalue weighted by Gasteiger charge is -2.07. The number of anilines is 2. The lowest BCUT2D eigenvalue weighted by molar-refractivity contribution is 0.561. The highest BCUT2D eigenvalue weighted by Crippen LogP contribution is 2.17. The molecule has 0 saturated heterocycles. The van der Waals surface area contributed by atoms with Crippen LogP contribution < -0.4 is 11.0 Å². The van der Waals surface area contributed by atoms with Crippen molar-refractivity contribution in [2.75, 3.05) is 5.32 Å². The van der Waals surface area contributed by atoms with Crippen molar-refractivity contribution >= 4 is 17.3 Å². The van der Waals surface area contributed by atoms with Gasteiger partial charge >= 0.3 is 5.69 Å². The van der Waals surface area contributed by atoms with Crippen LogP contribution in [0.25, 0.3) is 5.65 Å². The van der Waals surface area contributed by atoms with Gasteiger partial charge in [0, 0.05) is 23.0 Å². The molecule has 0 aliphatic rings. The van der Waals surface area contributed by atoms with E-state index in [0.717, 1.165) is 22.9 Å². The molecule has 0 aliphatic carbocycles. The quantitative estimate of drug-likeness (QED) is 0.585. The smallest absolute Gasteiger partial charge is 0.325 e. The van der Waals surface area contributed by atoms with Gasteiger partial charge in [-0.05, 0) is 49.4 Å². The van der Waals surface area contributed by atoms with Crippen LogP contribution in [0, 0.1) is 24.4 Å². The van der Waals surface area contributed by atoms with Crippen LogP contribution in [0.15, 0.2) is 53.3 Å². The van der Waals surface area contributed by atoms with Crippen LogP contribution in [-0.4, -0.2) is 19.2 Å². The molecule has 1 N–H and O–H groups in total. The Morgan fingerprint density at radius 2 is 1.71 bits per heavy atom. The van der Waals surface area contributed by atoms with Crippen molar-refractivity contribution in [3.8, 4) is 0 Å². The first-order valence-corrected chi connectivity index (χ1v) is 8.34. The van der Waals surface area contributed by atoms with E-state index < -0.39 is 23.1 Å². The summed E-state index contributed by atoms with van der Waals surface area (Å²) in [5.74, 6) is -1.46. The van der Waals surface area contributed by atoms with Gasteiger partial charge in [-0.2, -0.15) is 0 Å². The molecule has 0 amide bonds. The summed E-state index contributed by atoms with van der Waals surface area (Å²) in [6, 6.07) is 10.2. The van der Waals surface area contributed by atoms with Crippen molar-refractivity contribution in [2.24, 2.45) is 0 Å². The van der Waals surface area contributed by atoms with Crippen molar-refractivity contribution in [2.45, 2.75) is 13.5 Å². The van der Waals surface area contributed by atoms with Crippen molar-refractivity contribution in [3.05, 3.63) is 87.7 Å². The average Bonchev–Trinajstić information content (AvgIpc) is 2.95. The summed E-state index contributed by atoms with van der Waals surface area (Å²) < 4.78 is 42.7. The molecular weight excluding hydrogens is 371 g/mol. The highest BCUT2D eigenvalue weighted by Gasteiger charge is 2.15. The zero-order valence-electron chi connectivity index (χ0n) is 14.7. The number of fused-ring (bicyclic) bond motifs is 1. The molecule has 0 unspecified atom stereocenters. The van der Waals surface area contributed by atoms with Gasteiger partial charge in [-0.3, -0.25) is 0 Å². The molecule has 2 aromatic carbocycles. The van der Waals surface area contributed by atoms with Crippen LogP contribution in [0.2, 0.25) is 0 Å². The minimum atomic E-state index is -0.635. The number of hydrogen-bond donors (Lipinski definition) is 1. The molecule has 2 aromatic heterocycles. The minimum Gasteiger partial charge on any atom is -0.325 e. The first-order valence-electron chi connectivity index (χ1n) is 8.34. The van der Waals surface area contributed by atoms with Crippen LogP contribution in [0.3, 0.4) is 0 Å². The fourth-order valence-corrected chi connectivity index (χ4v) is 2.83. The number of benzene rings is 2. The summed E-state index contributed by atoms with van der Waals surface area (Å²) in [6.07, 6.45) is 0. The molecule has 2 heterocycles. The molecule has 0 radical (unpaired) electrons. The summed E-state index contributed by atoms with van der Waals surface area (Å²) in [7, 11) is 0. The van der Waals surface area contributed by atoms with Gasteiger partial charge in [0.15, 0.2) is 5.65 Å². The molecule has 28 heavy (non-hydrogen) atoms. The second-order valence-electron chi connectivity index (χ2n) is 6.22. The summed E-state index contributed by atoms with van der Waals surface area (Å²) in [6.45, 7) is 1.49. The fourth-order valence-electron chi connectivity index (χ4n) is 2.83. The first kappa shape index (κ1) is 17.8. The monoisotopic (exact) mass is 385 g/mol. The lowest BCUT2D eigenvalue weighted by atomic mass is 10.2. The summed E-state index contributed by atoms with van der Waals surface area (Å²) in [5, 5.41) is 7.14. The normalized spacial score (nSPS) is 11.1. The molecule has 4 rings (SSSR count). The van der Waals surface area contributed by atoms with Crippen molar-refractivity contribution < 1.29 is 13.2 Å². The first-order chi connectivity index (χ1) is 13.4. The van der Waals surface area contributed by atoms with Gasteiger partial charge in [-0.25, -0.2) is 32.0 Å². The van der Waals surface area contributed by atoms with E-state index in [1.54, 1.807) is 13.0 Å². The topological polar surface area (TPSA) is 64.2 Å². The highest BCUT2D eigenvalue weighted by atomic mass is 19.1.